The van der Waals surface area contributed by atoms with Crippen molar-refractivity contribution in [3.63, 3.8) is 0 Å². The molecule has 1 aromatic rings. The van der Waals surface area contributed by atoms with Crippen LogP contribution in [0.15, 0.2) is 24.3 Å². The lowest BCUT2D eigenvalue weighted by Gasteiger charge is -2.21. The van der Waals surface area contributed by atoms with Gasteiger partial charge in [0.15, 0.2) is 0 Å². The molecule has 0 spiro atoms. The molecule has 19 heavy (non-hydrogen) atoms. The normalized spacial score (nSPS) is 17.8. The fraction of sp³-hybridized carbons (Fsp3) is 0.625. The minimum atomic E-state index is -0.185. The van der Waals surface area contributed by atoms with Crippen molar-refractivity contribution in [1.82, 2.24) is 5.48 Å². The molecule has 1 saturated carbocycles. The summed E-state index contributed by atoms with van der Waals surface area (Å²) in [6.07, 6.45) is 8.50. The van der Waals surface area contributed by atoms with Crippen molar-refractivity contribution in [3.8, 4) is 0 Å². The summed E-state index contributed by atoms with van der Waals surface area (Å²) in [5, 5.41) is 0. The Kier molecular flexibility index (Phi) is 5.80. The lowest BCUT2D eigenvalue weighted by atomic mass is 10.0. The highest BCUT2D eigenvalue weighted by atomic mass is 19.1. The third kappa shape index (κ3) is 4.59. The quantitative estimate of drug-likeness (QED) is 0.732. The van der Waals surface area contributed by atoms with E-state index in [4.69, 9.17) is 4.84 Å². The average molecular weight is 265 g/mol. The summed E-state index contributed by atoms with van der Waals surface area (Å²) in [5.41, 5.74) is 4.31. The molecular weight excluding hydrogens is 241 g/mol. The second kappa shape index (κ2) is 7.61. The van der Waals surface area contributed by atoms with E-state index in [1.54, 1.807) is 0 Å². The maximum atomic E-state index is 13.0. The molecule has 1 aromatic carbocycles. The third-order valence-electron chi connectivity index (χ3n) is 3.80. The molecule has 0 heterocycles. The van der Waals surface area contributed by atoms with Crippen molar-refractivity contribution in [2.45, 2.75) is 64.0 Å². The lowest BCUT2D eigenvalue weighted by Crippen LogP contribution is -2.26. The molecule has 1 fully saturated rings. The molecule has 1 unspecified atom stereocenters. The molecule has 0 aliphatic heterocycles. The van der Waals surface area contributed by atoms with Gasteiger partial charge in [0.2, 0.25) is 0 Å². The Balaban J connectivity index is 1.91. The molecule has 1 atom stereocenters. The zero-order valence-electron chi connectivity index (χ0n) is 11.7. The zero-order chi connectivity index (χ0) is 13.5. The smallest absolute Gasteiger partial charge is 0.123 e. The van der Waals surface area contributed by atoms with Gasteiger partial charge in [0.25, 0.3) is 0 Å². The van der Waals surface area contributed by atoms with Gasteiger partial charge in [-0.2, -0.15) is 5.48 Å². The van der Waals surface area contributed by atoms with Crippen LogP contribution in [0.5, 0.6) is 0 Å². The van der Waals surface area contributed by atoms with Gasteiger partial charge in [-0.05, 0) is 37.0 Å². The number of rotatable bonds is 7. The maximum Gasteiger partial charge on any atom is 0.123 e. The zero-order valence-corrected chi connectivity index (χ0v) is 11.7. The van der Waals surface area contributed by atoms with Gasteiger partial charge in [-0.1, -0.05) is 44.7 Å². The highest BCUT2D eigenvalue weighted by molar-refractivity contribution is 5.19. The first-order valence-electron chi connectivity index (χ1n) is 7.46. The van der Waals surface area contributed by atoms with Gasteiger partial charge in [0, 0.05) is 0 Å². The largest absolute Gasteiger partial charge is 0.298 e. The van der Waals surface area contributed by atoms with Crippen LogP contribution in [-0.4, -0.2) is 6.10 Å². The van der Waals surface area contributed by atoms with E-state index in [0.29, 0.717) is 6.10 Å². The monoisotopic (exact) mass is 265 g/mol. The minimum Gasteiger partial charge on any atom is -0.298 e. The molecule has 1 aliphatic rings. The average Bonchev–Trinajstić information content (AvgIpc) is 2.93. The van der Waals surface area contributed by atoms with Gasteiger partial charge in [-0.3, -0.25) is 4.84 Å². The molecule has 3 heteroatoms. The van der Waals surface area contributed by atoms with E-state index in [2.05, 4.69) is 12.4 Å². The van der Waals surface area contributed by atoms with Crippen molar-refractivity contribution in [2.75, 3.05) is 0 Å². The number of unbranched alkanes of at least 4 members (excludes halogenated alkanes) is 1. The molecule has 2 nitrogen and oxygen atoms in total. The number of hydrogen-bond acceptors (Lipinski definition) is 2. The summed E-state index contributed by atoms with van der Waals surface area (Å²) < 4.78 is 13.0. The SMILES string of the molecule is CCCCC(NOC1CCCC1)c1ccc(F)cc1. The van der Waals surface area contributed by atoms with Gasteiger partial charge in [0.05, 0.1) is 12.1 Å². The van der Waals surface area contributed by atoms with Crippen molar-refractivity contribution in [2.24, 2.45) is 0 Å². The molecular formula is C16H24FNO. The number of halogens is 1. The summed E-state index contributed by atoms with van der Waals surface area (Å²) in [6, 6.07) is 6.90. The van der Waals surface area contributed by atoms with Gasteiger partial charge in [-0.15, -0.1) is 0 Å². The molecule has 1 N–H and O–H groups in total. The van der Waals surface area contributed by atoms with E-state index in [1.807, 2.05) is 12.1 Å². The molecule has 106 valence electrons. The molecule has 0 aromatic heterocycles. The summed E-state index contributed by atoms with van der Waals surface area (Å²) in [4.78, 5) is 5.80. The second-order valence-electron chi connectivity index (χ2n) is 5.39. The third-order valence-corrected chi connectivity index (χ3v) is 3.80. The summed E-state index contributed by atoms with van der Waals surface area (Å²) in [7, 11) is 0. The molecule has 1 aliphatic carbocycles. The number of hydrogen-bond donors (Lipinski definition) is 1. The van der Waals surface area contributed by atoms with E-state index >= 15 is 0 Å². The van der Waals surface area contributed by atoms with Gasteiger partial charge in [0.1, 0.15) is 5.82 Å². The minimum absolute atomic E-state index is 0.168. The summed E-state index contributed by atoms with van der Waals surface area (Å²) in [5.74, 6) is -0.185. The van der Waals surface area contributed by atoms with Crippen LogP contribution in [0.2, 0.25) is 0 Å². The predicted molar refractivity (Wildman–Crippen MR) is 75.1 cm³/mol. The van der Waals surface area contributed by atoms with Crippen LogP contribution < -0.4 is 5.48 Å². The Hall–Kier alpha value is -0.930. The Morgan fingerprint density at radius 3 is 2.58 bits per heavy atom. The van der Waals surface area contributed by atoms with Crippen LogP contribution in [0.25, 0.3) is 0 Å². The Morgan fingerprint density at radius 1 is 1.26 bits per heavy atom. The van der Waals surface area contributed by atoms with E-state index in [9.17, 15) is 4.39 Å². The summed E-state index contributed by atoms with van der Waals surface area (Å²) in [6.45, 7) is 2.18. The first kappa shape index (κ1) is 14.5. The van der Waals surface area contributed by atoms with Crippen molar-refractivity contribution in [1.29, 1.82) is 0 Å². The van der Waals surface area contributed by atoms with Crippen LogP contribution >= 0.6 is 0 Å². The van der Waals surface area contributed by atoms with Crippen LogP contribution in [0.3, 0.4) is 0 Å². The number of benzene rings is 1. The Bertz CT molecular complexity index is 360. The van der Waals surface area contributed by atoms with Crippen LogP contribution in [0, 0.1) is 5.82 Å². The van der Waals surface area contributed by atoms with Crippen LogP contribution in [-0.2, 0) is 4.84 Å². The fourth-order valence-corrected chi connectivity index (χ4v) is 2.58. The summed E-state index contributed by atoms with van der Waals surface area (Å²) >= 11 is 0. The van der Waals surface area contributed by atoms with Crippen LogP contribution in [0.1, 0.15) is 63.5 Å². The van der Waals surface area contributed by atoms with Gasteiger partial charge in [-0.25, -0.2) is 4.39 Å². The Labute approximate surface area is 115 Å². The number of nitrogens with one attached hydrogen (secondary N) is 1. The Morgan fingerprint density at radius 2 is 1.95 bits per heavy atom. The molecule has 0 bridgehead atoms. The topological polar surface area (TPSA) is 21.3 Å². The van der Waals surface area contributed by atoms with Gasteiger partial charge >= 0.3 is 0 Å². The molecule has 0 saturated heterocycles. The van der Waals surface area contributed by atoms with Crippen molar-refractivity contribution >= 4 is 0 Å². The standard InChI is InChI=1S/C16H24FNO/c1-2-3-8-16(13-9-11-14(17)12-10-13)18-19-15-6-4-5-7-15/h9-12,15-16,18H,2-8H2,1H3. The molecule has 2 rings (SSSR count). The highest BCUT2D eigenvalue weighted by Gasteiger charge is 2.18. The van der Waals surface area contributed by atoms with Crippen molar-refractivity contribution < 1.29 is 9.23 Å². The molecule has 0 amide bonds. The lowest BCUT2D eigenvalue weighted by molar-refractivity contribution is -0.0426. The first-order chi connectivity index (χ1) is 9.29. The van der Waals surface area contributed by atoms with Crippen LogP contribution in [0.4, 0.5) is 4.39 Å². The maximum absolute atomic E-state index is 13.0. The second-order valence-corrected chi connectivity index (χ2v) is 5.39. The first-order valence-corrected chi connectivity index (χ1v) is 7.46. The van der Waals surface area contributed by atoms with E-state index < -0.39 is 0 Å². The van der Waals surface area contributed by atoms with E-state index in [1.165, 1.54) is 25.0 Å². The molecule has 0 radical (unpaired) electrons. The highest BCUT2D eigenvalue weighted by Crippen LogP contribution is 2.24. The van der Waals surface area contributed by atoms with Crippen molar-refractivity contribution in [3.05, 3.63) is 35.6 Å². The fourth-order valence-electron chi connectivity index (χ4n) is 2.58. The predicted octanol–water partition coefficient (Wildman–Crippen LogP) is 4.52. The van der Waals surface area contributed by atoms with E-state index in [0.717, 1.165) is 37.7 Å². The van der Waals surface area contributed by atoms with E-state index in [-0.39, 0.29) is 11.9 Å². The number of hydroxylamine groups is 1. The van der Waals surface area contributed by atoms with Gasteiger partial charge < -0.3 is 0 Å².